The van der Waals surface area contributed by atoms with Gasteiger partial charge in [-0.25, -0.2) is 18.5 Å². The van der Waals surface area contributed by atoms with E-state index < -0.39 is 18.5 Å². The van der Waals surface area contributed by atoms with Crippen LogP contribution in [0.3, 0.4) is 0 Å². The minimum Gasteiger partial charge on any atom is -0.451 e. The maximum absolute atomic E-state index is 13.2. The second-order valence-electron chi connectivity index (χ2n) is 6.46. The van der Waals surface area contributed by atoms with E-state index in [4.69, 9.17) is 4.74 Å². The number of rotatable bonds is 7. The number of ether oxygens (including phenoxy) is 1. The van der Waals surface area contributed by atoms with Gasteiger partial charge in [0.25, 0.3) is 11.5 Å². The van der Waals surface area contributed by atoms with Crippen LogP contribution in [0.25, 0.3) is 5.69 Å². The minimum atomic E-state index is -0.821. The van der Waals surface area contributed by atoms with Crippen molar-refractivity contribution in [1.29, 1.82) is 0 Å². The van der Waals surface area contributed by atoms with Crippen molar-refractivity contribution < 1.29 is 18.7 Å². The number of nitrogens with one attached hydrogen (secondary N) is 1. The lowest BCUT2D eigenvalue weighted by molar-refractivity contribution is -0.119. The Balaban J connectivity index is 1.65. The lowest BCUT2D eigenvalue weighted by Crippen LogP contribution is -2.26. The van der Waals surface area contributed by atoms with E-state index >= 15 is 0 Å². The Labute approximate surface area is 171 Å². The molecule has 0 radical (unpaired) electrons. The fourth-order valence-electron chi connectivity index (χ4n) is 2.68. The fraction of sp³-hybridized carbons (Fsp3) is 0.250. The third kappa shape index (κ3) is 4.96. The summed E-state index contributed by atoms with van der Waals surface area (Å²) in [6.45, 7) is 3.43. The van der Waals surface area contributed by atoms with Gasteiger partial charge in [-0.2, -0.15) is 10.2 Å². The summed E-state index contributed by atoms with van der Waals surface area (Å²) < 4.78 is 20.8. The number of hydrogen-bond acceptors (Lipinski definition) is 6. The van der Waals surface area contributed by atoms with E-state index in [0.29, 0.717) is 30.2 Å². The number of aromatic nitrogens is 4. The number of carbonyl (C=O) groups excluding carboxylic acids is 2. The van der Waals surface area contributed by atoms with Gasteiger partial charge in [0, 0.05) is 18.7 Å². The molecule has 0 aliphatic carbocycles. The topological polar surface area (TPSA) is 108 Å². The Morgan fingerprint density at radius 3 is 2.57 bits per heavy atom. The van der Waals surface area contributed by atoms with E-state index in [0.717, 1.165) is 0 Å². The summed E-state index contributed by atoms with van der Waals surface area (Å²) >= 11 is 0. The first-order chi connectivity index (χ1) is 14.4. The summed E-state index contributed by atoms with van der Waals surface area (Å²) in [7, 11) is 0. The zero-order chi connectivity index (χ0) is 21.7. The van der Waals surface area contributed by atoms with Crippen molar-refractivity contribution >= 4 is 17.7 Å². The Kier molecular flexibility index (Phi) is 6.35. The predicted molar refractivity (Wildman–Crippen MR) is 106 cm³/mol. The van der Waals surface area contributed by atoms with Gasteiger partial charge in [-0.1, -0.05) is 6.92 Å². The van der Waals surface area contributed by atoms with Crippen LogP contribution < -0.4 is 10.9 Å². The zero-order valence-electron chi connectivity index (χ0n) is 16.5. The molecule has 0 spiro atoms. The predicted octanol–water partition coefficient (Wildman–Crippen LogP) is 2.08. The number of halogens is 1. The number of carbonyl (C=O) groups is 2. The lowest BCUT2D eigenvalue weighted by atomic mass is 10.3. The highest BCUT2D eigenvalue weighted by atomic mass is 19.1. The molecule has 3 rings (SSSR count). The summed E-state index contributed by atoms with van der Waals surface area (Å²) in [5.74, 6) is -1.46. The van der Waals surface area contributed by atoms with Crippen LogP contribution in [0.1, 0.15) is 29.5 Å². The molecule has 0 atom stereocenters. The van der Waals surface area contributed by atoms with Gasteiger partial charge in [0.15, 0.2) is 12.3 Å². The molecule has 2 heterocycles. The van der Waals surface area contributed by atoms with Gasteiger partial charge in [-0.05, 0) is 43.7 Å². The molecule has 9 nitrogen and oxygen atoms in total. The number of aryl methyl sites for hydroxylation is 2. The Morgan fingerprint density at radius 1 is 1.13 bits per heavy atom. The number of benzene rings is 1. The van der Waals surface area contributed by atoms with E-state index in [1.165, 1.54) is 45.8 Å². The quantitative estimate of drug-likeness (QED) is 0.594. The number of esters is 1. The molecule has 0 fully saturated rings. The van der Waals surface area contributed by atoms with Crippen molar-refractivity contribution in [3.63, 3.8) is 0 Å². The summed E-state index contributed by atoms with van der Waals surface area (Å²) in [5, 5.41) is 10.8. The molecule has 0 unspecified atom stereocenters. The van der Waals surface area contributed by atoms with Crippen molar-refractivity contribution in [1.82, 2.24) is 19.6 Å². The highest BCUT2D eigenvalue weighted by Crippen LogP contribution is 2.17. The molecule has 1 aromatic carbocycles. The van der Waals surface area contributed by atoms with Crippen LogP contribution >= 0.6 is 0 Å². The second-order valence-corrected chi connectivity index (χ2v) is 6.46. The Bertz CT molecular complexity index is 1120. The van der Waals surface area contributed by atoms with Gasteiger partial charge < -0.3 is 10.1 Å². The molecule has 1 N–H and O–H groups in total. The maximum atomic E-state index is 13.2. The first kappa shape index (κ1) is 20.9. The van der Waals surface area contributed by atoms with Crippen molar-refractivity contribution in [2.75, 3.05) is 11.9 Å². The fourth-order valence-corrected chi connectivity index (χ4v) is 2.68. The van der Waals surface area contributed by atoms with Crippen LogP contribution in [-0.2, 0) is 16.1 Å². The molecule has 2 aromatic heterocycles. The van der Waals surface area contributed by atoms with E-state index in [1.807, 2.05) is 6.92 Å². The Hall–Kier alpha value is -3.82. The maximum Gasteiger partial charge on any atom is 0.359 e. The van der Waals surface area contributed by atoms with Gasteiger partial charge >= 0.3 is 5.97 Å². The van der Waals surface area contributed by atoms with E-state index in [-0.39, 0.29) is 17.1 Å². The summed E-state index contributed by atoms with van der Waals surface area (Å²) in [6.07, 6.45) is 0.676. The average molecular weight is 413 g/mol. The third-order valence-corrected chi connectivity index (χ3v) is 4.02. The summed E-state index contributed by atoms with van der Waals surface area (Å²) in [4.78, 5) is 36.1. The highest BCUT2D eigenvalue weighted by Gasteiger charge is 2.15. The average Bonchev–Trinajstić information content (AvgIpc) is 3.08. The van der Waals surface area contributed by atoms with Gasteiger partial charge in [0.2, 0.25) is 0 Å². The van der Waals surface area contributed by atoms with Crippen LogP contribution in [0.5, 0.6) is 0 Å². The number of amides is 1. The van der Waals surface area contributed by atoms with Crippen LogP contribution in [0.4, 0.5) is 10.2 Å². The second kappa shape index (κ2) is 9.12. The number of anilines is 1. The van der Waals surface area contributed by atoms with E-state index in [1.54, 1.807) is 13.0 Å². The standard InChI is InChI=1S/C20H20FN5O4/c1-3-10-25-19(28)9-8-16(24-25)20(29)30-12-18(27)22-17-11-13(2)23-26(17)15-6-4-14(21)5-7-15/h4-9,11H,3,10,12H2,1-2H3,(H,22,27). The first-order valence-corrected chi connectivity index (χ1v) is 9.25. The largest absolute Gasteiger partial charge is 0.451 e. The molecule has 0 saturated heterocycles. The number of hydrogen-bond donors (Lipinski definition) is 1. The minimum absolute atomic E-state index is 0.0666. The van der Waals surface area contributed by atoms with Gasteiger partial charge in [-0.3, -0.25) is 9.59 Å². The highest BCUT2D eigenvalue weighted by molar-refractivity contribution is 5.94. The lowest BCUT2D eigenvalue weighted by Gasteiger charge is -2.10. The molecule has 0 aliphatic rings. The van der Waals surface area contributed by atoms with E-state index in [2.05, 4.69) is 15.5 Å². The van der Waals surface area contributed by atoms with E-state index in [9.17, 15) is 18.8 Å². The SMILES string of the molecule is CCCn1nc(C(=O)OCC(=O)Nc2cc(C)nn2-c2ccc(F)cc2)ccc1=O. The van der Waals surface area contributed by atoms with Crippen LogP contribution in [0.2, 0.25) is 0 Å². The summed E-state index contributed by atoms with van der Waals surface area (Å²) in [5.41, 5.74) is 0.798. The Morgan fingerprint density at radius 2 is 1.87 bits per heavy atom. The van der Waals surface area contributed by atoms with Gasteiger partial charge in [0.05, 0.1) is 11.4 Å². The van der Waals surface area contributed by atoms with Gasteiger partial charge in [0.1, 0.15) is 11.6 Å². The monoisotopic (exact) mass is 413 g/mol. The van der Waals surface area contributed by atoms with Crippen molar-refractivity contribution in [2.45, 2.75) is 26.8 Å². The zero-order valence-corrected chi connectivity index (χ0v) is 16.5. The molecule has 156 valence electrons. The first-order valence-electron chi connectivity index (χ1n) is 9.25. The van der Waals surface area contributed by atoms with Crippen LogP contribution in [0.15, 0.2) is 47.3 Å². The molecule has 0 aliphatic heterocycles. The molecule has 3 aromatic rings. The van der Waals surface area contributed by atoms with Crippen molar-refractivity contribution in [2.24, 2.45) is 0 Å². The molecule has 30 heavy (non-hydrogen) atoms. The van der Waals surface area contributed by atoms with Crippen LogP contribution in [0, 0.1) is 12.7 Å². The molecular formula is C20H20FN5O4. The summed E-state index contributed by atoms with van der Waals surface area (Å²) in [6, 6.07) is 9.72. The molecule has 1 amide bonds. The molecule has 0 saturated carbocycles. The molecular weight excluding hydrogens is 393 g/mol. The van der Waals surface area contributed by atoms with Gasteiger partial charge in [-0.15, -0.1) is 0 Å². The van der Waals surface area contributed by atoms with Crippen LogP contribution in [-0.4, -0.2) is 38.0 Å². The third-order valence-electron chi connectivity index (χ3n) is 4.02. The molecule has 10 heteroatoms. The molecule has 0 bridgehead atoms. The van der Waals surface area contributed by atoms with Crippen molar-refractivity contribution in [3.8, 4) is 5.69 Å². The number of nitrogens with zero attached hydrogens (tertiary/aromatic N) is 4. The van der Waals surface area contributed by atoms with Crippen molar-refractivity contribution in [3.05, 3.63) is 70.0 Å². The smallest absolute Gasteiger partial charge is 0.359 e. The normalized spacial score (nSPS) is 10.6.